The van der Waals surface area contributed by atoms with Crippen LogP contribution in [0, 0.1) is 30.9 Å². The van der Waals surface area contributed by atoms with Gasteiger partial charge >= 0.3 is 0 Å². The molecule has 0 aliphatic heterocycles. The Bertz CT molecular complexity index is 1140. The maximum Gasteiger partial charge on any atom is 0.279 e. The van der Waals surface area contributed by atoms with Crippen molar-refractivity contribution < 1.29 is 13.6 Å². The highest BCUT2D eigenvalue weighted by Gasteiger charge is 2.17. The van der Waals surface area contributed by atoms with Crippen LogP contribution in [0.5, 0.6) is 0 Å². The lowest BCUT2D eigenvalue weighted by Crippen LogP contribution is -2.11. The first-order valence-corrected chi connectivity index (χ1v) is 8.09. The van der Waals surface area contributed by atoms with E-state index in [4.69, 9.17) is 23.8 Å². The van der Waals surface area contributed by atoms with Crippen molar-refractivity contribution in [3.05, 3.63) is 64.3 Å². The summed E-state index contributed by atoms with van der Waals surface area (Å²) in [6.07, 6.45) is 6.60. The lowest BCUT2D eigenvalue weighted by molar-refractivity contribution is 0.100. The molecular formula is C20H12ClF2N3O. The molecule has 0 saturated heterocycles. The minimum Gasteiger partial charge on any atom is -0.376 e. The Morgan fingerprint density at radius 2 is 2.04 bits per heavy atom. The number of amides is 1. The van der Waals surface area contributed by atoms with E-state index in [-0.39, 0.29) is 22.0 Å². The van der Waals surface area contributed by atoms with E-state index in [9.17, 15) is 13.6 Å². The van der Waals surface area contributed by atoms with Crippen LogP contribution in [0.4, 0.5) is 8.78 Å². The fourth-order valence-corrected chi connectivity index (χ4v) is 3.08. The maximum absolute atomic E-state index is 14.4. The standard InChI is InChI=1S/C20H12ClF2N3O/c1-3-17(24)26-20(27)11-6-10(2)19-14(7-11)13(4-5-25-19)18-15(21)8-12(22)9-16(18)23/h1,4-9H,2H3,(H2,24,26,27). The average molecular weight is 384 g/mol. The van der Waals surface area contributed by atoms with Crippen molar-refractivity contribution in [2.75, 3.05) is 0 Å². The van der Waals surface area contributed by atoms with Gasteiger partial charge in [0.15, 0.2) is 5.84 Å². The topological polar surface area (TPSA) is 68.3 Å². The number of nitrogens with two attached hydrogens (primary N) is 1. The molecule has 0 aliphatic rings. The number of hydrogen-bond donors (Lipinski definition) is 1. The van der Waals surface area contributed by atoms with Crippen LogP contribution in [-0.2, 0) is 0 Å². The molecule has 0 unspecified atom stereocenters. The summed E-state index contributed by atoms with van der Waals surface area (Å²) in [5.74, 6) is -0.438. The third kappa shape index (κ3) is 3.50. The lowest BCUT2D eigenvalue weighted by atomic mass is 9.97. The number of halogens is 3. The first kappa shape index (κ1) is 18.5. The molecule has 2 N–H and O–H groups in total. The van der Waals surface area contributed by atoms with Crippen LogP contribution in [-0.4, -0.2) is 16.7 Å². The number of pyridine rings is 1. The first-order valence-electron chi connectivity index (χ1n) is 7.71. The van der Waals surface area contributed by atoms with E-state index in [2.05, 4.69) is 15.9 Å². The van der Waals surface area contributed by atoms with Gasteiger partial charge in [0, 0.05) is 28.8 Å². The summed E-state index contributed by atoms with van der Waals surface area (Å²) in [6, 6.07) is 6.38. The van der Waals surface area contributed by atoms with E-state index in [1.807, 2.05) is 0 Å². The number of benzene rings is 2. The summed E-state index contributed by atoms with van der Waals surface area (Å²) in [4.78, 5) is 20.2. The Labute approximate surface area is 158 Å². The molecule has 0 radical (unpaired) electrons. The third-order valence-corrected chi connectivity index (χ3v) is 4.23. The van der Waals surface area contributed by atoms with Gasteiger partial charge in [-0.2, -0.15) is 4.99 Å². The molecule has 0 bridgehead atoms. The molecule has 0 spiro atoms. The Hall–Kier alpha value is -3.30. The second kappa shape index (κ2) is 7.14. The van der Waals surface area contributed by atoms with Crippen LogP contribution in [0.1, 0.15) is 15.9 Å². The second-order valence-corrected chi connectivity index (χ2v) is 6.15. The molecule has 1 aromatic heterocycles. The molecule has 0 atom stereocenters. The minimum absolute atomic E-state index is 0.0149. The number of fused-ring (bicyclic) bond motifs is 1. The van der Waals surface area contributed by atoms with Crippen molar-refractivity contribution in [3.8, 4) is 23.5 Å². The van der Waals surface area contributed by atoms with Gasteiger partial charge in [-0.05, 0) is 48.2 Å². The van der Waals surface area contributed by atoms with Gasteiger partial charge in [0.05, 0.1) is 10.5 Å². The van der Waals surface area contributed by atoms with Crippen molar-refractivity contribution in [2.24, 2.45) is 10.7 Å². The van der Waals surface area contributed by atoms with Gasteiger partial charge < -0.3 is 5.73 Å². The number of aliphatic imine (C=N–C) groups is 1. The van der Waals surface area contributed by atoms with Crippen molar-refractivity contribution in [3.63, 3.8) is 0 Å². The highest BCUT2D eigenvalue weighted by atomic mass is 35.5. The van der Waals surface area contributed by atoms with E-state index in [1.165, 1.54) is 18.3 Å². The fourth-order valence-electron chi connectivity index (χ4n) is 2.78. The van der Waals surface area contributed by atoms with E-state index < -0.39 is 17.5 Å². The SMILES string of the molecule is C#C/C(N)=N\C(=O)c1cc(C)c2nccc(-c3c(F)cc(F)cc3Cl)c2c1. The fraction of sp³-hybridized carbons (Fsp3) is 0.0500. The Morgan fingerprint density at radius 3 is 2.70 bits per heavy atom. The highest BCUT2D eigenvalue weighted by Crippen LogP contribution is 2.36. The maximum atomic E-state index is 14.4. The Kier molecular flexibility index (Phi) is 4.89. The van der Waals surface area contributed by atoms with Crippen LogP contribution < -0.4 is 5.73 Å². The quantitative estimate of drug-likeness (QED) is 0.408. The normalized spacial score (nSPS) is 11.4. The van der Waals surface area contributed by atoms with Gasteiger partial charge in [0.2, 0.25) is 0 Å². The van der Waals surface area contributed by atoms with Crippen molar-refractivity contribution in [2.45, 2.75) is 6.92 Å². The van der Waals surface area contributed by atoms with Crippen molar-refractivity contribution in [1.82, 2.24) is 4.98 Å². The van der Waals surface area contributed by atoms with Gasteiger partial charge in [-0.15, -0.1) is 6.42 Å². The van der Waals surface area contributed by atoms with Gasteiger partial charge in [-0.25, -0.2) is 8.78 Å². The zero-order valence-corrected chi connectivity index (χ0v) is 14.8. The predicted molar refractivity (Wildman–Crippen MR) is 102 cm³/mol. The predicted octanol–water partition coefficient (Wildman–Crippen LogP) is 4.27. The van der Waals surface area contributed by atoms with Crippen LogP contribution in [0.15, 0.2) is 41.5 Å². The molecule has 3 aromatic rings. The molecule has 4 nitrogen and oxygen atoms in total. The monoisotopic (exact) mass is 383 g/mol. The van der Waals surface area contributed by atoms with E-state index in [1.54, 1.807) is 13.0 Å². The molecule has 3 rings (SSSR count). The number of rotatable bonds is 2. The molecular weight excluding hydrogens is 372 g/mol. The van der Waals surface area contributed by atoms with E-state index in [0.29, 0.717) is 22.0 Å². The molecule has 2 aromatic carbocycles. The summed E-state index contributed by atoms with van der Waals surface area (Å²) < 4.78 is 27.8. The van der Waals surface area contributed by atoms with Crippen LogP contribution >= 0.6 is 11.6 Å². The number of carbonyl (C=O) groups is 1. The average Bonchev–Trinajstić information content (AvgIpc) is 2.61. The highest BCUT2D eigenvalue weighted by molar-refractivity contribution is 6.33. The number of aromatic nitrogens is 1. The molecule has 1 amide bonds. The van der Waals surface area contributed by atoms with Gasteiger partial charge in [0.25, 0.3) is 5.91 Å². The number of nitrogens with zero attached hydrogens (tertiary/aromatic N) is 2. The third-order valence-electron chi connectivity index (χ3n) is 3.93. The second-order valence-electron chi connectivity index (χ2n) is 5.74. The zero-order valence-electron chi connectivity index (χ0n) is 14.1. The van der Waals surface area contributed by atoms with Gasteiger partial charge in [0.1, 0.15) is 11.6 Å². The van der Waals surface area contributed by atoms with Crippen LogP contribution in [0.2, 0.25) is 5.02 Å². The summed E-state index contributed by atoms with van der Waals surface area (Å²) in [5.41, 5.74) is 7.20. The largest absolute Gasteiger partial charge is 0.376 e. The van der Waals surface area contributed by atoms with E-state index >= 15 is 0 Å². The molecule has 0 fully saturated rings. The smallest absolute Gasteiger partial charge is 0.279 e. The number of aryl methyl sites for hydroxylation is 1. The number of hydrogen-bond acceptors (Lipinski definition) is 2. The summed E-state index contributed by atoms with van der Waals surface area (Å²) in [6.45, 7) is 1.74. The lowest BCUT2D eigenvalue weighted by Gasteiger charge is -2.12. The molecule has 27 heavy (non-hydrogen) atoms. The van der Waals surface area contributed by atoms with Crippen LogP contribution in [0.3, 0.4) is 0 Å². The molecule has 1 heterocycles. The molecule has 7 heteroatoms. The first-order chi connectivity index (χ1) is 12.8. The van der Waals surface area contributed by atoms with Crippen molar-refractivity contribution >= 4 is 34.2 Å². The van der Waals surface area contributed by atoms with Crippen LogP contribution in [0.25, 0.3) is 22.0 Å². The Balaban J connectivity index is 2.31. The molecule has 134 valence electrons. The number of carbonyl (C=O) groups excluding carboxylic acids is 1. The summed E-state index contributed by atoms with van der Waals surface area (Å²) >= 11 is 6.07. The number of amidine groups is 1. The summed E-state index contributed by atoms with van der Waals surface area (Å²) in [5, 5.41) is 0.367. The van der Waals surface area contributed by atoms with Gasteiger partial charge in [-0.1, -0.05) is 11.6 Å². The van der Waals surface area contributed by atoms with Gasteiger partial charge in [-0.3, -0.25) is 9.78 Å². The minimum atomic E-state index is -0.823. The van der Waals surface area contributed by atoms with E-state index in [0.717, 1.165) is 12.1 Å². The Morgan fingerprint density at radius 1 is 1.30 bits per heavy atom. The summed E-state index contributed by atoms with van der Waals surface area (Å²) in [7, 11) is 0. The molecule has 0 aliphatic carbocycles. The van der Waals surface area contributed by atoms with Crippen molar-refractivity contribution in [1.29, 1.82) is 0 Å². The molecule has 0 saturated carbocycles. The number of terminal acetylenes is 1. The zero-order chi connectivity index (χ0) is 19.7.